The second-order valence-electron chi connectivity index (χ2n) is 6.97. The molecule has 2 N–H and O–H groups in total. The molecule has 2 aromatic carbocycles. The van der Waals surface area contributed by atoms with Gasteiger partial charge in [-0.05, 0) is 42.8 Å². The van der Waals surface area contributed by atoms with Gasteiger partial charge in [0, 0.05) is 24.5 Å². The van der Waals surface area contributed by atoms with Gasteiger partial charge < -0.3 is 9.30 Å². The van der Waals surface area contributed by atoms with E-state index in [9.17, 15) is 17.5 Å². The van der Waals surface area contributed by atoms with Crippen molar-refractivity contribution >= 4 is 20.4 Å². The first-order valence-electron chi connectivity index (χ1n) is 9.31. The number of nitrogens with zero attached hydrogens (tertiary/aromatic N) is 1. The molecular weight excluding hydrogens is 410 g/mol. The van der Waals surface area contributed by atoms with Gasteiger partial charge >= 0.3 is 0 Å². The van der Waals surface area contributed by atoms with Gasteiger partial charge in [0.2, 0.25) is 0 Å². The molecule has 0 fully saturated rings. The number of fused-ring (bicyclic) bond motifs is 1. The van der Waals surface area contributed by atoms with Crippen LogP contribution in [0.4, 0.5) is 0 Å². The zero-order valence-electron chi connectivity index (χ0n) is 15.7. The zero-order chi connectivity index (χ0) is 20.5. The molecule has 0 spiro atoms. The normalized spacial score (nSPS) is 18.9. The molecule has 1 aliphatic heterocycles. The van der Waals surface area contributed by atoms with E-state index in [4.69, 9.17) is 4.74 Å². The third-order valence-corrected chi connectivity index (χ3v) is 9.17. The summed E-state index contributed by atoms with van der Waals surface area (Å²) in [6.07, 6.45) is 4.68. The Labute approximate surface area is 172 Å². The summed E-state index contributed by atoms with van der Waals surface area (Å²) in [5, 5.41) is -1.05. The minimum Gasteiger partial charge on any atom is -0.493 e. The van der Waals surface area contributed by atoms with Crippen LogP contribution in [0.15, 0.2) is 82.8 Å². The van der Waals surface area contributed by atoms with Crippen molar-refractivity contribution in [3.05, 3.63) is 78.6 Å². The summed E-state index contributed by atoms with van der Waals surface area (Å²) in [5.74, 6) is 0.153. The average molecular weight is 434 g/mol. The van der Waals surface area contributed by atoms with Gasteiger partial charge in [-0.1, -0.05) is 24.3 Å². The van der Waals surface area contributed by atoms with Crippen molar-refractivity contribution in [3.63, 3.8) is 0 Å². The SMILES string of the molecule is O=S(=O)(c1ccccc1)C1CS(O)(O)c2cccc(OCCCn3cccc3)c21. The van der Waals surface area contributed by atoms with Gasteiger partial charge in [0.15, 0.2) is 9.84 Å². The monoisotopic (exact) mass is 433 g/mol. The molecular formula is C21H23NO5S2. The van der Waals surface area contributed by atoms with Gasteiger partial charge in [0.25, 0.3) is 0 Å². The quantitative estimate of drug-likeness (QED) is 0.532. The van der Waals surface area contributed by atoms with E-state index in [0.29, 0.717) is 17.9 Å². The third-order valence-electron chi connectivity index (χ3n) is 5.01. The molecule has 0 saturated carbocycles. The van der Waals surface area contributed by atoms with Crippen LogP contribution in [0, 0.1) is 0 Å². The number of benzene rings is 2. The number of sulfone groups is 1. The van der Waals surface area contributed by atoms with Gasteiger partial charge in [-0.3, -0.25) is 9.11 Å². The third kappa shape index (κ3) is 3.93. The Morgan fingerprint density at radius 3 is 2.45 bits per heavy atom. The molecule has 0 saturated heterocycles. The predicted octanol–water partition coefficient (Wildman–Crippen LogP) is 4.60. The van der Waals surface area contributed by atoms with Crippen molar-refractivity contribution in [2.24, 2.45) is 0 Å². The summed E-state index contributed by atoms with van der Waals surface area (Å²) in [6, 6.07) is 17.0. The molecule has 1 unspecified atom stereocenters. The summed E-state index contributed by atoms with van der Waals surface area (Å²) >= 11 is 0. The molecule has 2 heterocycles. The summed E-state index contributed by atoms with van der Waals surface area (Å²) in [4.78, 5) is 0.431. The molecule has 1 aromatic heterocycles. The molecule has 0 aliphatic carbocycles. The maximum atomic E-state index is 13.3. The molecule has 0 radical (unpaired) electrons. The highest BCUT2D eigenvalue weighted by atomic mass is 32.3. The Hall–Kier alpha value is -2.26. The van der Waals surface area contributed by atoms with Gasteiger partial charge in [0.1, 0.15) is 11.0 Å². The lowest BCUT2D eigenvalue weighted by Gasteiger charge is -2.27. The molecule has 1 atom stereocenters. The fourth-order valence-corrected chi connectivity index (χ4v) is 8.04. The Balaban J connectivity index is 1.62. The summed E-state index contributed by atoms with van der Waals surface area (Å²) in [6.45, 7) is 1.18. The minimum atomic E-state index is -3.79. The van der Waals surface area contributed by atoms with Crippen LogP contribution in [0.2, 0.25) is 0 Å². The lowest BCUT2D eigenvalue weighted by atomic mass is 10.1. The zero-order valence-corrected chi connectivity index (χ0v) is 17.3. The molecule has 1 aliphatic rings. The Kier molecular flexibility index (Phi) is 5.44. The number of hydrogen-bond donors (Lipinski definition) is 2. The van der Waals surface area contributed by atoms with Crippen LogP contribution < -0.4 is 4.74 Å². The van der Waals surface area contributed by atoms with Crippen molar-refractivity contribution < 1.29 is 22.3 Å². The standard InChI is InChI=1S/C21H23NO5S2/c23-28(24)16-20(29(25,26)17-8-2-1-3-9-17)21-18(10-6-11-19(21)28)27-15-7-14-22-12-4-5-13-22/h1-6,8-13,20,23-24H,7,14-16H2. The summed E-state index contributed by atoms with van der Waals surface area (Å²) in [5.41, 5.74) is 0.373. The van der Waals surface area contributed by atoms with Crippen LogP contribution in [0.5, 0.6) is 5.75 Å². The number of aryl methyl sites for hydroxylation is 1. The van der Waals surface area contributed by atoms with Gasteiger partial charge in [0.05, 0.1) is 22.2 Å². The summed E-state index contributed by atoms with van der Waals surface area (Å²) < 4.78 is 55.6. The van der Waals surface area contributed by atoms with E-state index >= 15 is 0 Å². The second-order valence-corrected chi connectivity index (χ2v) is 11.2. The van der Waals surface area contributed by atoms with E-state index in [2.05, 4.69) is 0 Å². The molecule has 0 amide bonds. The van der Waals surface area contributed by atoms with E-state index in [1.807, 2.05) is 29.1 Å². The highest BCUT2D eigenvalue weighted by Crippen LogP contribution is 2.63. The first-order chi connectivity index (χ1) is 13.9. The molecule has 8 heteroatoms. The lowest BCUT2D eigenvalue weighted by molar-refractivity contribution is 0.298. The van der Waals surface area contributed by atoms with Gasteiger partial charge in [-0.15, -0.1) is 0 Å². The van der Waals surface area contributed by atoms with Crippen molar-refractivity contribution in [1.82, 2.24) is 4.57 Å². The van der Waals surface area contributed by atoms with E-state index in [-0.39, 0.29) is 15.5 Å². The largest absolute Gasteiger partial charge is 0.493 e. The highest BCUT2D eigenvalue weighted by molar-refractivity contribution is 8.25. The van der Waals surface area contributed by atoms with Gasteiger partial charge in [-0.2, -0.15) is 10.6 Å². The van der Waals surface area contributed by atoms with E-state index < -0.39 is 25.7 Å². The number of ether oxygens (including phenoxy) is 1. The van der Waals surface area contributed by atoms with Crippen LogP contribution in [0.3, 0.4) is 0 Å². The first kappa shape index (κ1) is 20.0. The minimum absolute atomic E-state index is 0.162. The van der Waals surface area contributed by atoms with Crippen molar-refractivity contribution in [1.29, 1.82) is 0 Å². The maximum Gasteiger partial charge on any atom is 0.187 e. The maximum absolute atomic E-state index is 13.3. The number of hydrogen-bond acceptors (Lipinski definition) is 5. The van der Waals surface area contributed by atoms with Crippen molar-refractivity contribution in [2.45, 2.75) is 28.0 Å². The molecule has 0 bridgehead atoms. The number of aromatic nitrogens is 1. The molecule has 6 nitrogen and oxygen atoms in total. The summed E-state index contributed by atoms with van der Waals surface area (Å²) in [7, 11) is -6.99. The van der Waals surface area contributed by atoms with Crippen LogP contribution in [0.25, 0.3) is 0 Å². The molecule has 4 rings (SSSR count). The molecule has 29 heavy (non-hydrogen) atoms. The molecule has 3 aromatic rings. The van der Waals surface area contributed by atoms with Crippen molar-refractivity contribution in [2.75, 3.05) is 12.4 Å². The van der Waals surface area contributed by atoms with Crippen LogP contribution in [-0.2, 0) is 16.4 Å². The predicted molar refractivity (Wildman–Crippen MR) is 113 cm³/mol. The van der Waals surface area contributed by atoms with E-state index in [1.165, 1.54) is 12.1 Å². The van der Waals surface area contributed by atoms with Gasteiger partial charge in [-0.25, -0.2) is 8.42 Å². The fourth-order valence-electron chi connectivity index (χ4n) is 3.60. The Morgan fingerprint density at radius 2 is 1.72 bits per heavy atom. The highest BCUT2D eigenvalue weighted by Gasteiger charge is 2.45. The topological polar surface area (TPSA) is 88.8 Å². The van der Waals surface area contributed by atoms with E-state index in [1.54, 1.807) is 36.4 Å². The smallest absolute Gasteiger partial charge is 0.187 e. The second kappa shape index (κ2) is 7.87. The van der Waals surface area contributed by atoms with Crippen LogP contribution in [-0.4, -0.2) is 34.5 Å². The Morgan fingerprint density at radius 1 is 1.00 bits per heavy atom. The van der Waals surface area contributed by atoms with Crippen LogP contribution in [0.1, 0.15) is 17.2 Å². The molecule has 154 valence electrons. The van der Waals surface area contributed by atoms with Crippen molar-refractivity contribution in [3.8, 4) is 5.75 Å². The van der Waals surface area contributed by atoms with Crippen LogP contribution >= 0.6 is 10.6 Å². The first-order valence-corrected chi connectivity index (χ1v) is 12.6. The average Bonchev–Trinajstić information content (AvgIpc) is 3.33. The lowest BCUT2D eigenvalue weighted by Crippen LogP contribution is -2.16. The fraction of sp³-hybridized carbons (Fsp3) is 0.238. The number of rotatable bonds is 7. The Bertz CT molecular complexity index is 1080. The van der Waals surface area contributed by atoms with E-state index in [0.717, 1.165) is 13.0 Å².